The summed E-state index contributed by atoms with van der Waals surface area (Å²) < 4.78 is 27.0. The number of hydrogen-bond acceptors (Lipinski definition) is 4. The van der Waals surface area contributed by atoms with Crippen molar-refractivity contribution in [3.63, 3.8) is 0 Å². The van der Waals surface area contributed by atoms with E-state index in [0.717, 1.165) is 41.1 Å². The Labute approximate surface area is 207 Å². The molecule has 1 saturated carbocycles. The van der Waals surface area contributed by atoms with Crippen molar-refractivity contribution in [2.45, 2.75) is 63.1 Å². The number of likely N-dealkylation sites (N-methyl/N-ethyl adjacent to an activating group) is 1. The molecule has 1 atom stereocenters. The molecule has 2 aromatic rings. The van der Waals surface area contributed by atoms with Gasteiger partial charge in [0.15, 0.2) is 0 Å². The second kappa shape index (κ2) is 11.3. The molecule has 2 amide bonds. The van der Waals surface area contributed by atoms with Gasteiger partial charge < -0.3 is 10.2 Å². The van der Waals surface area contributed by atoms with Crippen molar-refractivity contribution in [3.05, 3.63) is 64.7 Å². The van der Waals surface area contributed by atoms with Gasteiger partial charge in [0.25, 0.3) is 0 Å². The highest BCUT2D eigenvalue weighted by Crippen LogP contribution is 2.20. The SMILES string of the molecule is Cc1ccc(S(=O)(=O)N(C)CC(=O)N(Cc2ccc(Cl)cc2)C(C)C(=O)NC2CCCC2)cc1. The van der Waals surface area contributed by atoms with Crippen LogP contribution in [0.15, 0.2) is 53.4 Å². The average Bonchev–Trinajstić information content (AvgIpc) is 3.31. The van der Waals surface area contributed by atoms with Crippen LogP contribution >= 0.6 is 11.6 Å². The van der Waals surface area contributed by atoms with Crippen molar-refractivity contribution in [1.29, 1.82) is 0 Å². The summed E-state index contributed by atoms with van der Waals surface area (Å²) in [4.78, 5) is 27.9. The largest absolute Gasteiger partial charge is 0.352 e. The van der Waals surface area contributed by atoms with E-state index < -0.39 is 22.0 Å². The fraction of sp³-hybridized carbons (Fsp3) is 0.440. The maximum Gasteiger partial charge on any atom is 0.243 e. The molecule has 1 aliphatic carbocycles. The van der Waals surface area contributed by atoms with Crippen molar-refractivity contribution in [1.82, 2.24) is 14.5 Å². The topological polar surface area (TPSA) is 86.8 Å². The predicted octanol–water partition coefficient (Wildman–Crippen LogP) is 3.75. The maximum atomic E-state index is 13.4. The van der Waals surface area contributed by atoms with Crippen LogP contribution in [0.5, 0.6) is 0 Å². The van der Waals surface area contributed by atoms with E-state index in [9.17, 15) is 18.0 Å². The lowest BCUT2D eigenvalue weighted by Crippen LogP contribution is -2.52. The van der Waals surface area contributed by atoms with E-state index in [-0.39, 0.29) is 29.9 Å². The van der Waals surface area contributed by atoms with E-state index in [0.29, 0.717) is 5.02 Å². The third kappa shape index (κ3) is 6.58. The van der Waals surface area contributed by atoms with Crippen LogP contribution in [-0.4, -0.2) is 55.1 Å². The number of hydrogen-bond donors (Lipinski definition) is 1. The number of nitrogens with zero attached hydrogens (tertiary/aromatic N) is 2. The Kier molecular flexibility index (Phi) is 8.73. The maximum absolute atomic E-state index is 13.4. The molecule has 0 saturated heterocycles. The summed E-state index contributed by atoms with van der Waals surface area (Å²) in [6, 6.07) is 12.8. The minimum absolute atomic E-state index is 0.115. The first kappa shape index (κ1) is 26.2. The van der Waals surface area contributed by atoms with Gasteiger partial charge in [-0.3, -0.25) is 9.59 Å². The summed E-state index contributed by atoms with van der Waals surface area (Å²) in [5.41, 5.74) is 1.73. The second-order valence-corrected chi connectivity index (χ2v) is 11.4. The Morgan fingerprint density at radius 3 is 2.24 bits per heavy atom. The van der Waals surface area contributed by atoms with Gasteiger partial charge in [-0.25, -0.2) is 8.42 Å². The molecule has 0 bridgehead atoms. The van der Waals surface area contributed by atoms with Gasteiger partial charge in [0.2, 0.25) is 21.8 Å². The van der Waals surface area contributed by atoms with E-state index in [1.54, 1.807) is 43.3 Å². The van der Waals surface area contributed by atoms with E-state index in [1.165, 1.54) is 24.1 Å². The van der Waals surface area contributed by atoms with Crippen LogP contribution in [-0.2, 0) is 26.2 Å². The number of carbonyl (C=O) groups is 2. The molecule has 1 unspecified atom stereocenters. The predicted molar refractivity (Wildman–Crippen MR) is 133 cm³/mol. The van der Waals surface area contributed by atoms with Gasteiger partial charge in [-0.05, 0) is 56.5 Å². The first-order chi connectivity index (χ1) is 16.1. The number of aryl methyl sites for hydroxylation is 1. The molecule has 3 rings (SSSR count). The molecule has 184 valence electrons. The lowest BCUT2D eigenvalue weighted by atomic mass is 10.1. The summed E-state index contributed by atoms with van der Waals surface area (Å²) >= 11 is 5.99. The zero-order valence-corrected chi connectivity index (χ0v) is 21.4. The Morgan fingerprint density at radius 2 is 1.65 bits per heavy atom. The molecule has 34 heavy (non-hydrogen) atoms. The first-order valence-electron chi connectivity index (χ1n) is 11.4. The summed E-state index contributed by atoms with van der Waals surface area (Å²) in [6.07, 6.45) is 4.02. The summed E-state index contributed by atoms with van der Waals surface area (Å²) in [7, 11) is -2.49. The lowest BCUT2D eigenvalue weighted by molar-refractivity contribution is -0.140. The highest BCUT2D eigenvalue weighted by atomic mass is 35.5. The van der Waals surface area contributed by atoms with Gasteiger partial charge in [0.1, 0.15) is 6.04 Å². The number of carbonyl (C=O) groups excluding carboxylic acids is 2. The molecule has 0 heterocycles. The van der Waals surface area contributed by atoms with Crippen LogP contribution in [0.3, 0.4) is 0 Å². The summed E-state index contributed by atoms with van der Waals surface area (Å²) in [6.45, 7) is 3.32. The van der Waals surface area contributed by atoms with Gasteiger partial charge in [-0.15, -0.1) is 0 Å². The highest BCUT2D eigenvalue weighted by molar-refractivity contribution is 7.89. The van der Waals surface area contributed by atoms with Gasteiger partial charge in [-0.1, -0.05) is 54.3 Å². The zero-order chi connectivity index (χ0) is 24.9. The van der Waals surface area contributed by atoms with Crippen LogP contribution in [0.2, 0.25) is 5.02 Å². The minimum atomic E-state index is -3.86. The third-order valence-electron chi connectivity index (χ3n) is 6.22. The molecule has 7 nitrogen and oxygen atoms in total. The van der Waals surface area contributed by atoms with Crippen LogP contribution < -0.4 is 5.32 Å². The van der Waals surface area contributed by atoms with Crippen LogP contribution in [0.25, 0.3) is 0 Å². The molecule has 2 aromatic carbocycles. The zero-order valence-electron chi connectivity index (χ0n) is 19.8. The minimum Gasteiger partial charge on any atom is -0.352 e. The highest BCUT2D eigenvalue weighted by Gasteiger charge is 2.31. The first-order valence-corrected chi connectivity index (χ1v) is 13.3. The monoisotopic (exact) mass is 505 g/mol. The molecule has 1 aliphatic rings. The molecule has 0 radical (unpaired) electrons. The van der Waals surface area contributed by atoms with Crippen molar-refractivity contribution in [2.24, 2.45) is 0 Å². The fourth-order valence-corrected chi connectivity index (χ4v) is 5.26. The van der Waals surface area contributed by atoms with E-state index >= 15 is 0 Å². The van der Waals surface area contributed by atoms with Crippen LogP contribution in [0.4, 0.5) is 0 Å². The quantitative estimate of drug-likeness (QED) is 0.562. The molecule has 1 N–H and O–H groups in total. The average molecular weight is 506 g/mol. The third-order valence-corrected chi connectivity index (χ3v) is 8.29. The summed E-state index contributed by atoms with van der Waals surface area (Å²) in [5, 5.41) is 3.60. The fourth-order valence-electron chi connectivity index (χ4n) is 4.02. The Bertz CT molecular complexity index is 1100. The van der Waals surface area contributed by atoms with E-state index in [4.69, 9.17) is 11.6 Å². The number of amides is 2. The van der Waals surface area contributed by atoms with Crippen LogP contribution in [0.1, 0.15) is 43.7 Å². The molecular weight excluding hydrogens is 474 g/mol. The standard InChI is InChI=1S/C25H32ClN3O4S/c1-18-8-14-23(15-9-18)34(32,33)28(3)17-24(30)29(16-20-10-12-21(26)13-11-20)19(2)25(31)27-22-6-4-5-7-22/h8-15,19,22H,4-7,16-17H2,1-3H3,(H,27,31). The number of benzene rings is 2. The van der Waals surface area contributed by atoms with Gasteiger partial charge in [0, 0.05) is 24.7 Å². The van der Waals surface area contributed by atoms with Crippen molar-refractivity contribution >= 4 is 33.4 Å². The lowest BCUT2D eigenvalue weighted by Gasteiger charge is -2.31. The van der Waals surface area contributed by atoms with Crippen molar-refractivity contribution < 1.29 is 18.0 Å². The number of sulfonamides is 1. The van der Waals surface area contributed by atoms with Gasteiger partial charge >= 0.3 is 0 Å². The number of halogens is 1. The van der Waals surface area contributed by atoms with E-state index in [2.05, 4.69) is 5.32 Å². The molecule has 0 spiro atoms. The summed E-state index contributed by atoms with van der Waals surface area (Å²) in [5.74, 6) is -0.694. The number of nitrogens with one attached hydrogen (secondary N) is 1. The van der Waals surface area contributed by atoms with Crippen molar-refractivity contribution in [3.8, 4) is 0 Å². The molecule has 0 aromatic heterocycles. The second-order valence-electron chi connectivity index (χ2n) is 8.89. The molecule has 9 heteroatoms. The van der Waals surface area contributed by atoms with Gasteiger partial charge in [0.05, 0.1) is 11.4 Å². The van der Waals surface area contributed by atoms with E-state index in [1.807, 2.05) is 6.92 Å². The number of rotatable bonds is 9. The smallest absolute Gasteiger partial charge is 0.243 e. The Morgan fingerprint density at radius 1 is 1.06 bits per heavy atom. The van der Waals surface area contributed by atoms with Crippen LogP contribution in [0, 0.1) is 6.92 Å². The normalized spacial score (nSPS) is 15.3. The van der Waals surface area contributed by atoms with Crippen molar-refractivity contribution in [2.75, 3.05) is 13.6 Å². The molecule has 0 aliphatic heterocycles. The Hall–Kier alpha value is -2.42. The van der Waals surface area contributed by atoms with Gasteiger partial charge in [-0.2, -0.15) is 4.31 Å². The Balaban J connectivity index is 1.78. The molecule has 1 fully saturated rings. The molecular formula is C25H32ClN3O4S.